The summed E-state index contributed by atoms with van der Waals surface area (Å²) < 4.78 is 5.44. The van der Waals surface area contributed by atoms with Crippen LogP contribution >= 0.6 is 0 Å². The molecule has 0 saturated carbocycles. The van der Waals surface area contributed by atoms with E-state index in [9.17, 15) is 9.90 Å². The van der Waals surface area contributed by atoms with E-state index < -0.39 is 6.10 Å². The molecule has 3 N–H and O–H groups in total. The second-order valence-electron chi connectivity index (χ2n) is 5.98. The highest BCUT2D eigenvalue weighted by Gasteiger charge is 2.21. The topological polar surface area (TPSA) is 70.6 Å². The van der Waals surface area contributed by atoms with Crippen molar-refractivity contribution in [3.8, 4) is 5.75 Å². The lowest BCUT2D eigenvalue weighted by Gasteiger charge is -2.25. The minimum atomic E-state index is -0.450. The van der Waals surface area contributed by atoms with Crippen LogP contribution in [0.4, 0.5) is 10.5 Å². The molecule has 1 aromatic carbocycles. The first-order valence-electron chi connectivity index (χ1n) is 7.29. The van der Waals surface area contributed by atoms with E-state index in [2.05, 4.69) is 10.6 Å². The Morgan fingerprint density at radius 3 is 2.62 bits per heavy atom. The van der Waals surface area contributed by atoms with Crippen LogP contribution in [0.5, 0.6) is 5.75 Å². The number of nitrogens with one attached hydrogen (secondary N) is 2. The zero-order valence-corrected chi connectivity index (χ0v) is 13.3. The van der Waals surface area contributed by atoms with Crippen molar-refractivity contribution in [2.75, 3.05) is 18.5 Å². The van der Waals surface area contributed by atoms with Crippen LogP contribution in [0.2, 0.25) is 0 Å². The zero-order chi connectivity index (χ0) is 15.9. The van der Waals surface area contributed by atoms with E-state index in [4.69, 9.17) is 4.74 Å². The van der Waals surface area contributed by atoms with E-state index in [-0.39, 0.29) is 11.4 Å². The number of amides is 2. The fourth-order valence-corrected chi connectivity index (χ4v) is 1.77. The monoisotopic (exact) mass is 294 g/mol. The van der Waals surface area contributed by atoms with Gasteiger partial charge in [-0.15, -0.1) is 0 Å². The highest BCUT2D eigenvalue weighted by molar-refractivity contribution is 5.90. The third-order valence-electron chi connectivity index (χ3n) is 3.14. The van der Waals surface area contributed by atoms with Crippen LogP contribution < -0.4 is 15.4 Å². The van der Waals surface area contributed by atoms with E-state index in [1.807, 2.05) is 45.9 Å². The van der Waals surface area contributed by atoms with Gasteiger partial charge in [0, 0.05) is 6.54 Å². The van der Waals surface area contributed by atoms with Gasteiger partial charge in [0.15, 0.2) is 0 Å². The maximum atomic E-state index is 11.8. The Morgan fingerprint density at radius 2 is 2.00 bits per heavy atom. The van der Waals surface area contributed by atoms with E-state index in [1.165, 1.54) is 0 Å². The van der Waals surface area contributed by atoms with Gasteiger partial charge in [-0.1, -0.05) is 32.9 Å². The van der Waals surface area contributed by atoms with Crippen LogP contribution in [0.1, 0.15) is 34.1 Å². The quantitative estimate of drug-likeness (QED) is 0.755. The number of aliphatic hydroxyl groups excluding tert-OH is 1. The number of hydrogen-bond donors (Lipinski definition) is 3. The Labute approximate surface area is 126 Å². The fourth-order valence-electron chi connectivity index (χ4n) is 1.77. The van der Waals surface area contributed by atoms with Gasteiger partial charge in [0.05, 0.1) is 18.4 Å². The molecule has 1 rings (SSSR count). The lowest BCUT2D eigenvalue weighted by molar-refractivity contribution is 0.0565. The summed E-state index contributed by atoms with van der Waals surface area (Å²) in [6, 6.07) is 6.98. The molecular weight excluding hydrogens is 268 g/mol. The summed E-state index contributed by atoms with van der Waals surface area (Å²) >= 11 is 0. The lowest BCUT2D eigenvalue weighted by Crippen LogP contribution is -2.34. The second kappa shape index (κ2) is 7.88. The summed E-state index contributed by atoms with van der Waals surface area (Å²) in [6.07, 6.45) is 0.0674. The van der Waals surface area contributed by atoms with Crippen LogP contribution in [0.15, 0.2) is 24.3 Å². The Balaban J connectivity index is 2.44. The molecule has 0 fully saturated rings. The summed E-state index contributed by atoms with van der Waals surface area (Å²) in [4.78, 5) is 11.8. The molecule has 0 saturated heterocycles. The molecule has 21 heavy (non-hydrogen) atoms. The predicted octanol–water partition coefficient (Wildman–Crippen LogP) is 3.00. The Hall–Kier alpha value is -1.75. The van der Waals surface area contributed by atoms with Crippen molar-refractivity contribution in [3.05, 3.63) is 24.3 Å². The molecule has 0 spiro atoms. The number of carbonyl (C=O) groups excluding carboxylic acids is 1. The van der Waals surface area contributed by atoms with Crippen LogP contribution in [-0.4, -0.2) is 30.4 Å². The number of benzene rings is 1. The highest BCUT2D eigenvalue weighted by atomic mass is 16.5. The van der Waals surface area contributed by atoms with Gasteiger partial charge in [0.25, 0.3) is 0 Å². The van der Waals surface area contributed by atoms with Gasteiger partial charge in [0.1, 0.15) is 5.75 Å². The molecule has 0 aliphatic rings. The fraction of sp³-hybridized carbons (Fsp3) is 0.562. The molecule has 1 atom stereocenters. The Morgan fingerprint density at radius 1 is 1.33 bits per heavy atom. The summed E-state index contributed by atoms with van der Waals surface area (Å²) in [6.45, 7) is 8.76. The third-order valence-corrected chi connectivity index (χ3v) is 3.14. The van der Waals surface area contributed by atoms with Crippen molar-refractivity contribution < 1.29 is 14.6 Å². The standard InChI is InChI=1S/C16H26N2O3/c1-5-21-13-9-7-6-8-12(13)18-15(20)17-11-10-14(19)16(2,3)4/h6-9,14,19H,5,10-11H2,1-4H3,(H2,17,18,20). The molecule has 0 radical (unpaired) electrons. The largest absolute Gasteiger partial charge is 0.492 e. The molecule has 0 aliphatic heterocycles. The van der Waals surface area contributed by atoms with E-state index in [0.29, 0.717) is 31.0 Å². The maximum absolute atomic E-state index is 11.8. The Kier molecular flexibility index (Phi) is 6.49. The molecule has 0 heterocycles. The molecule has 1 unspecified atom stereocenters. The van der Waals surface area contributed by atoms with Crippen molar-refractivity contribution in [3.63, 3.8) is 0 Å². The van der Waals surface area contributed by atoms with Crippen LogP contribution in [0.3, 0.4) is 0 Å². The smallest absolute Gasteiger partial charge is 0.319 e. The lowest BCUT2D eigenvalue weighted by atomic mass is 9.87. The number of aliphatic hydroxyl groups is 1. The molecule has 0 bridgehead atoms. The van der Waals surface area contributed by atoms with Crippen molar-refractivity contribution in [1.29, 1.82) is 0 Å². The van der Waals surface area contributed by atoms with Crippen LogP contribution in [0, 0.1) is 5.41 Å². The SMILES string of the molecule is CCOc1ccccc1NC(=O)NCCC(O)C(C)(C)C. The Bertz CT molecular complexity index is 455. The zero-order valence-electron chi connectivity index (χ0n) is 13.3. The van der Waals surface area contributed by atoms with Crippen molar-refractivity contribution in [2.24, 2.45) is 5.41 Å². The van der Waals surface area contributed by atoms with Crippen molar-refractivity contribution in [2.45, 2.75) is 40.2 Å². The number of anilines is 1. The average molecular weight is 294 g/mol. The second-order valence-corrected chi connectivity index (χ2v) is 5.98. The van der Waals surface area contributed by atoms with Gasteiger partial charge in [-0.05, 0) is 30.9 Å². The van der Waals surface area contributed by atoms with Gasteiger partial charge in [0.2, 0.25) is 0 Å². The molecule has 0 aliphatic carbocycles. The highest BCUT2D eigenvalue weighted by Crippen LogP contribution is 2.23. The van der Waals surface area contributed by atoms with E-state index >= 15 is 0 Å². The van der Waals surface area contributed by atoms with Gasteiger partial charge in [-0.25, -0.2) is 4.79 Å². The van der Waals surface area contributed by atoms with Crippen molar-refractivity contribution >= 4 is 11.7 Å². The van der Waals surface area contributed by atoms with Crippen molar-refractivity contribution in [1.82, 2.24) is 5.32 Å². The predicted molar refractivity (Wildman–Crippen MR) is 84.7 cm³/mol. The summed E-state index contributed by atoms with van der Waals surface area (Å²) in [7, 11) is 0. The number of rotatable bonds is 6. The number of urea groups is 1. The van der Waals surface area contributed by atoms with Crippen LogP contribution in [-0.2, 0) is 0 Å². The molecule has 5 heteroatoms. The molecular formula is C16H26N2O3. The molecule has 118 valence electrons. The molecule has 1 aromatic rings. The number of para-hydroxylation sites is 2. The number of hydrogen-bond acceptors (Lipinski definition) is 3. The molecule has 2 amide bonds. The first kappa shape index (κ1) is 17.3. The minimum Gasteiger partial charge on any atom is -0.492 e. The minimum absolute atomic E-state index is 0.181. The van der Waals surface area contributed by atoms with Gasteiger partial charge in [-0.3, -0.25) is 0 Å². The third kappa shape index (κ3) is 6.04. The van der Waals surface area contributed by atoms with E-state index in [1.54, 1.807) is 6.07 Å². The normalized spacial score (nSPS) is 12.6. The van der Waals surface area contributed by atoms with E-state index in [0.717, 1.165) is 0 Å². The number of ether oxygens (including phenoxy) is 1. The van der Waals surface area contributed by atoms with Gasteiger partial charge in [-0.2, -0.15) is 0 Å². The molecule has 5 nitrogen and oxygen atoms in total. The summed E-state index contributed by atoms with van der Waals surface area (Å²) in [5.41, 5.74) is 0.452. The average Bonchev–Trinajstić information content (AvgIpc) is 2.40. The summed E-state index contributed by atoms with van der Waals surface area (Å²) in [5.74, 6) is 0.643. The first-order chi connectivity index (χ1) is 9.84. The maximum Gasteiger partial charge on any atom is 0.319 e. The molecule has 0 aromatic heterocycles. The van der Waals surface area contributed by atoms with Gasteiger partial charge >= 0.3 is 6.03 Å². The summed E-state index contributed by atoms with van der Waals surface area (Å²) in [5, 5.41) is 15.4. The number of carbonyl (C=O) groups is 1. The first-order valence-corrected chi connectivity index (χ1v) is 7.29. The van der Waals surface area contributed by atoms with Crippen LogP contribution in [0.25, 0.3) is 0 Å². The van der Waals surface area contributed by atoms with Gasteiger partial charge < -0.3 is 20.5 Å².